The molecule has 152 valence electrons. The molecule has 0 unspecified atom stereocenters. The van der Waals surface area contributed by atoms with Crippen molar-refractivity contribution in [3.05, 3.63) is 106 Å². The highest BCUT2D eigenvalue weighted by Crippen LogP contribution is 2.22. The predicted octanol–water partition coefficient (Wildman–Crippen LogP) is 6.87. The van der Waals surface area contributed by atoms with Gasteiger partial charge in [0.25, 0.3) is 0 Å². The molecule has 0 spiro atoms. The summed E-state index contributed by atoms with van der Waals surface area (Å²) in [6.45, 7) is 0. The molecule has 0 aliphatic carbocycles. The third-order valence-corrected chi connectivity index (χ3v) is 5.68. The Morgan fingerprint density at radius 3 is 2.23 bits per heavy atom. The monoisotopic (exact) mass is 453 g/mol. The highest BCUT2D eigenvalue weighted by molar-refractivity contribution is 8.17. The zero-order valence-electron chi connectivity index (χ0n) is 16.0. The fourth-order valence-electron chi connectivity index (χ4n) is 2.34. The van der Waals surface area contributed by atoms with Crippen molar-refractivity contribution in [3.8, 4) is 0 Å². The van der Waals surface area contributed by atoms with Crippen LogP contribution in [0.1, 0.15) is 11.1 Å². The normalized spacial score (nSPS) is 12.8. The second-order valence-corrected chi connectivity index (χ2v) is 8.35. The molecule has 3 aromatic rings. The van der Waals surface area contributed by atoms with E-state index < -0.39 is 0 Å². The molecule has 4 nitrogen and oxygen atoms in total. The summed E-state index contributed by atoms with van der Waals surface area (Å²) >= 11 is 8.55. The maximum Gasteiger partial charge on any atom is 0.194 e. The molecule has 7 heteroatoms. The Balaban J connectivity index is 1.76. The predicted molar refractivity (Wildman–Crippen MR) is 133 cm³/mol. The molecule has 0 aliphatic rings. The third-order valence-electron chi connectivity index (χ3n) is 3.83. The van der Waals surface area contributed by atoms with Gasteiger partial charge in [-0.2, -0.15) is 4.99 Å². The fourth-order valence-corrected chi connectivity index (χ4v) is 3.84. The molecule has 3 N–H and O–H groups in total. The largest absolute Gasteiger partial charge is 0.507 e. The Bertz CT molecular complexity index is 1040. The maximum absolute atomic E-state index is 10.3. The van der Waals surface area contributed by atoms with E-state index in [1.54, 1.807) is 5.41 Å². The van der Waals surface area contributed by atoms with Gasteiger partial charge in [0.1, 0.15) is 5.76 Å². The van der Waals surface area contributed by atoms with Crippen molar-refractivity contribution >= 4 is 56.9 Å². The van der Waals surface area contributed by atoms with Crippen LogP contribution in [-0.4, -0.2) is 15.4 Å². The van der Waals surface area contributed by atoms with Crippen molar-refractivity contribution in [1.82, 2.24) is 0 Å². The van der Waals surface area contributed by atoms with Gasteiger partial charge in [0.2, 0.25) is 0 Å². The summed E-state index contributed by atoms with van der Waals surface area (Å²) < 4.78 is 0. The Labute approximate surface area is 189 Å². The molecule has 3 aromatic carbocycles. The fraction of sp³-hybridized carbons (Fsp3) is 0.0435. The lowest BCUT2D eigenvalue weighted by Gasteiger charge is -2.04. The van der Waals surface area contributed by atoms with E-state index in [0.717, 1.165) is 16.8 Å². The minimum absolute atomic E-state index is 0.143. The van der Waals surface area contributed by atoms with E-state index in [-0.39, 0.29) is 5.76 Å². The minimum atomic E-state index is 0.143. The quantitative estimate of drug-likeness (QED) is 0.251. The van der Waals surface area contributed by atoms with Crippen LogP contribution >= 0.6 is 35.1 Å². The van der Waals surface area contributed by atoms with Gasteiger partial charge in [0.15, 0.2) is 10.3 Å². The van der Waals surface area contributed by atoms with Crippen LogP contribution in [0.2, 0.25) is 5.02 Å². The van der Waals surface area contributed by atoms with Crippen molar-refractivity contribution in [1.29, 1.82) is 0 Å². The maximum atomic E-state index is 10.3. The number of hydrogen-bond donors (Lipinski definition) is 2. The highest BCUT2D eigenvalue weighted by Gasteiger charge is 2.05. The molecule has 0 heterocycles. The first-order valence-electron chi connectivity index (χ1n) is 9.06. The molecule has 0 fully saturated rings. The molecule has 0 saturated heterocycles. The van der Waals surface area contributed by atoms with E-state index in [1.807, 2.05) is 84.9 Å². The van der Waals surface area contributed by atoms with Crippen molar-refractivity contribution in [3.63, 3.8) is 0 Å². The van der Waals surface area contributed by atoms with Crippen LogP contribution in [0.4, 0.5) is 5.69 Å². The number of aliphatic hydroxyl groups is 1. The first kappa shape index (κ1) is 22.0. The van der Waals surface area contributed by atoms with Gasteiger partial charge in [-0.3, -0.25) is 0 Å². The van der Waals surface area contributed by atoms with Crippen molar-refractivity contribution in [2.75, 3.05) is 0 Å². The van der Waals surface area contributed by atoms with Crippen LogP contribution in [0, 0.1) is 0 Å². The number of nitrogens with zero attached hydrogens (tertiary/aromatic N) is 2. The molecule has 3 rings (SSSR count). The zero-order chi connectivity index (χ0) is 21.2. The average molecular weight is 454 g/mol. The number of aliphatic imine (C=N–C) groups is 2. The SMILES string of the molecule is NC(=NC(=Nc1ccccc1)S/C=C(/O)c1ccccc1)SCc1ccc(Cl)cc1. The first-order chi connectivity index (χ1) is 14.6. The number of benzene rings is 3. The van der Waals surface area contributed by atoms with Crippen LogP contribution in [0.3, 0.4) is 0 Å². The van der Waals surface area contributed by atoms with Gasteiger partial charge in [0, 0.05) is 21.7 Å². The van der Waals surface area contributed by atoms with Gasteiger partial charge in [-0.25, -0.2) is 4.99 Å². The first-order valence-corrected chi connectivity index (χ1v) is 11.3. The average Bonchev–Trinajstić information content (AvgIpc) is 2.78. The van der Waals surface area contributed by atoms with Gasteiger partial charge in [-0.15, -0.1) is 0 Å². The molecular weight excluding hydrogens is 434 g/mol. The van der Waals surface area contributed by atoms with Crippen LogP contribution in [-0.2, 0) is 5.75 Å². The number of nitrogens with two attached hydrogens (primary N) is 1. The second kappa shape index (κ2) is 11.5. The summed E-state index contributed by atoms with van der Waals surface area (Å²) in [7, 11) is 0. The van der Waals surface area contributed by atoms with E-state index in [0.29, 0.717) is 21.1 Å². The van der Waals surface area contributed by atoms with E-state index in [1.165, 1.54) is 23.5 Å². The van der Waals surface area contributed by atoms with Gasteiger partial charge < -0.3 is 10.8 Å². The van der Waals surface area contributed by atoms with E-state index >= 15 is 0 Å². The number of thioether (sulfide) groups is 2. The summed E-state index contributed by atoms with van der Waals surface area (Å²) in [6, 6.07) is 26.4. The van der Waals surface area contributed by atoms with Crippen molar-refractivity contribution in [2.45, 2.75) is 5.75 Å². The topological polar surface area (TPSA) is 71.0 Å². The lowest BCUT2D eigenvalue weighted by molar-refractivity contribution is 0.513. The van der Waals surface area contributed by atoms with Crippen LogP contribution in [0.25, 0.3) is 5.76 Å². The number of halogens is 1. The smallest absolute Gasteiger partial charge is 0.194 e. The van der Waals surface area contributed by atoms with Gasteiger partial charge >= 0.3 is 0 Å². The molecular formula is C23H20ClN3OS2. The van der Waals surface area contributed by atoms with Crippen molar-refractivity contribution in [2.24, 2.45) is 15.7 Å². The number of rotatable bonds is 5. The minimum Gasteiger partial charge on any atom is -0.507 e. The van der Waals surface area contributed by atoms with Gasteiger partial charge in [-0.1, -0.05) is 95.8 Å². The lowest BCUT2D eigenvalue weighted by atomic mass is 10.2. The second-order valence-electron chi connectivity index (χ2n) is 6.08. The summed E-state index contributed by atoms with van der Waals surface area (Å²) in [4.78, 5) is 9.02. The lowest BCUT2D eigenvalue weighted by Crippen LogP contribution is -2.09. The summed E-state index contributed by atoms with van der Waals surface area (Å²) in [5.41, 5.74) is 8.71. The van der Waals surface area contributed by atoms with Crippen LogP contribution < -0.4 is 5.73 Å². The third kappa shape index (κ3) is 7.30. The number of amidine groups is 2. The van der Waals surface area contributed by atoms with E-state index in [9.17, 15) is 5.11 Å². The van der Waals surface area contributed by atoms with E-state index in [4.69, 9.17) is 17.3 Å². The molecule has 0 aliphatic heterocycles. The number of para-hydroxylation sites is 1. The summed E-state index contributed by atoms with van der Waals surface area (Å²) in [6.07, 6.45) is 0. The molecule has 0 bridgehead atoms. The molecule has 0 atom stereocenters. The summed E-state index contributed by atoms with van der Waals surface area (Å²) in [5, 5.41) is 13.5. The Morgan fingerprint density at radius 2 is 1.57 bits per heavy atom. The molecule has 0 radical (unpaired) electrons. The Kier molecular flexibility index (Phi) is 8.44. The standard InChI is InChI=1S/C23H20ClN3OS2/c24-19-13-11-17(12-14-19)15-29-22(25)27-23(26-20-9-5-2-6-10-20)30-16-21(28)18-7-3-1-4-8-18/h1-14,16,28H,15H2,(H2,25,26,27)/b21-16+. The number of aliphatic hydroxyl groups excluding tert-OH is 1. The van der Waals surface area contributed by atoms with Crippen LogP contribution in [0.5, 0.6) is 0 Å². The molecule has 0 amide bonds. The summed E-state index contributed by atoms with van der Waals surface area (Å²) in [5.74, 6) is 0.810. The molecule has 30 heavy (non-hydrogen) atoms. The molecule has 0 aromatic heterocycles. The molecule has 0 saturated carbocycles. The van der Waals surface area contributed by atoms with Gasteiger partial charge in [0.05, 0.1) is 5.69 Å². The zero-order valence-corrected chi connectivity index (χ0v) is 18.4. The number of hydrogen-bond acceptors (Lipinski definition) is 4. The highest BCUT2D eigenvalue weighted by atomic mass is 35.5. The van der Waals surface area contributed by atoms with Crippen molar-refractivity contribution < 1.29 is 5.11 Å². The van der Waals surface area contributed by atoms with Gasteiger partial charge in [-0.05, 0) is 29.8 Å². The van der Waals surface area contributed by atoms with E-state index in [2.05, 4.69) is 9.98 Å². The van der Waals surface area contributed by atoms with Crippen LogP contribution in [0.15, 0.2) is 100 Å². The Hall–Kier alpha value is -2.67. The Morgan fingerprint density at radius 1 is 0.933 bits per heavy atom.